The van der Waals surface area contributed by atoms with Gasteiger partial charge in [0.2, 0.25) is 0 Å². The van der Waals surface area contributed by atoms with Crippen LogP contribution in [-0.4, -0.2) is 55.3 Å². The molecule has 1 N–H and O–H groups in total. The minimum absolute atomic E-state index is 0. The Bertz CT molecular complexity index is 570. The zero-order valence-electron chi connectivity index (χ0n) is 14.8. The normalized spacial score (nSPS) is 22.2. The number of halogens is 1. The van der Waals surface area contributed by atoms with Crippen LogP contribution in [-0.2, 0) is 9.31 Å². The lowest BCUT2D eigenvalue weighted by Gasteiger charge is -2.32. The second-order valence-corrected chi connectivity index (χ2v) is 7.25. The van der Waals surface area contributed by atoms with E-state index in [-0.39, 0.29) is 36.6 Å². The maximum Gasteiger partial charge on any atom is 0.494 e. The third kappa shape index (κ3) is 3.62. The molecule has 7 heteroatoms. The Labute approximate surface area is 150 Å². The van der Waals surface area contributed by atoms with E-state index in [1.54, 1.807) is 0 Å². The van der Waals surface area contributed by atoms with Crippen molar-refractivity contribution in [3.8, 4) is 0 Å². The Balaban J connectivity index is 0.00000208. The first-order chi connectivity index (χ1) is 10.8. The summed E-state index contributed by atoms with van der Waals surface area (Å²) in [6.45, 7) is 11.4. The van der Waals surface area contributed by atoms with Gasteiger partial charge >= 0.3 is 7.12 Å². The van der Waals surface area contributed by atoms with Gasteiger partial charge in [0.1, 0.15) is 0 Å². The molecule has 0 aromatic heterocycles. The molecule has 1 amide bonds. The molecule has 1 aromatic rings. The maximum atomic E-state index is 12.5. The van der Waals surface area contributed by atoms with Crippen LogP contribution < -0.4 is 10.8 Å². The first kappa shape index (κ1) is 19.3. The predicted octanol–water partition coefficient (Wildman–Crippen LogP) is 1.45. The number of benzene rings is 1. The molecule has 2 fully saturated rings. The molecule has 2 aliphatic rings. The summed E-state index contributed by atoms with van der Waals surface area (Å²) >= 11 is 0. The lowest BCUT2D eigenvalue weighted by Crippen LogP contribution is -2.46. The molecule has 0 bridgehead atoms. The molecule has 1 aromatic carbocycles. The zero-order valence-corrected chi connectivity index (χ0v) is 15.6. The maximum absolute atomic E-state index is 12.5. The van der Waals surface area contributed by atoms with Crippen LogP contribution >= 0.6 is 12.4 Å². The highest BCUT2D eigenvalue weighted by molar-refractivity contribution is 6.62. The van der Waals surface area contributed by atoms with Crippen molar-refractivity contribution in [2.24, 2.45) is 0 Å². The summed E-state index contributed by atoms with van der Waals surface area (Å²) in [7, 11) is -0.386. The van der Waals surface area contributed by atoms with Crippen LogP contribution in [0, 0.1) is 0 Å². The Morgan fingerprint density at radius 3 is 2.04 bits per heavy atom. The summed E-state index contributed by atoms with van der Waals surface area (Å²) in [6, 6.07) is 7.59. The quantitative estimate of drug-likeness (QED) is 0.819. The highest BCUT2D eigenvalue weighted by Gasteiger charge is 2.51. The first-order valence-corrected chi connectivity index (χ1v) is 8.26. The second-order valence-electron chi connectivity index (χ2n) is 7.25. The molecule has 0 saturated carbocycles. The van der Waals surface area contributed by atoms with Gasteiger partial charge in [-0.3, -0.25) is 4.79 Å². The van der Waals surface area contributed by atoms with Crippen LogP contribution in [0.3, 0.4) is 0 Å². The Morgan fingerprint density at radius 1 is 1.04 bits per heavy atom. The Kier molecular flexibility index (Phi) is 5.65. The molecule has 0 unspecified atom stereocenters. The molecular weight excluding hydrogens is 326 g/mol. The van der Waals surface area contributed by atoms with Gasteiger partial charge in [-0.1, -0.05) is 12.1 Å². The van der Waals surface area contributed by atoms with E-state index in [0.29, 0.717) is 5.56 Å². The number of piperazine rings is 1. The van der Waals surface area contributed by atoms with Crippen LogP contribution in [0.1, 0.15) is 38.1 Å². The van der Waals surface area contributed by atoms with Crippen LogP contribution in [0.4, 0.5) is 0 Å². The zero-order chi connectivity index (χ0) is 16.7. The number of carbonyl (C=O) groups is 1. The van der Waals surface area contributed by atoms with Gasteiger partial charge in [0.05, 0.1) is 11.2 Å². The molecule has 0 aliphatic carbocycles. The summed E-state index contributed by atoms with van der Waals surface area (Å²) in [6.07, 6.45) is 0. The van der Waals surface area contributed by atoms with Gasteiger partial charge in [-0.2, -0.15) is 0 Å². The molecule has 132 valence electrons. The number of hydrogen-bond donors (Lipinski definition) is 1. The number of hydrogen-bond acceptors (Lipinski definition) is 4. The van der Waals surface area contributed by atoms with Crippen molar-refractivity contribution in [1.29, 1.82) is 0 Å². The van der Waals surface area contributed by atoms with E-state index in [1.165, 1.54) is 0 Å². The summed E-state index contributed by atoms with van der Waals surface area (Å²) in [4.78, 5) is 14.4. The van der Waals surface area contributed by atoms with E-state index < -0.39 is 0 Å². The Morgan fingerprint density at radius 2 is 1.54 bits per heavy atom. The number of amides is 1. The van der Waals surface area contributed by atoms with Crippen molar-refractivity contribution in [2.75, 3.05) is 26.2 Å². The van der Waals surface area contributed by atoms with Crippen molar-refractivity contribution in [1.82, 2.24) is 10.2 Å². The molecule has 0 atom stereocenters. The Hall–Kier alpha value is -1.08. The van der Waals surface area contributed by atoms with E-state index in [4.69, 9.17) is 9.31 Å². The van der Waals surface area contributed by atoms with Gasteiger partial charge in [-0.05, 0) is 45.3 Å². The van der Waals surface area contributed by atoms with Gasteiger partial charge in [0, 0.05) is 31.7 Å². The van der Waals surface area contributed by atoms with Crippen molar-refractivity contribution in [3.05, 3.63) is 29.8 Å². The standard InChI is InChI=1S/C17H25BN2O3.ClH/c1-16(2)17(3,4)23-18(22-16)14-7-5-13(6-8-14)15(21)20-11-9-19-10-12-20;/h5-8,19H,9-12H2,1-4H3;1H. The summed E-state index contributed by atoms with van der Waals surface area (Å²) in [5.74, 6) is 0.0898. The second kappa shape index (κ2) is 7.04. The number of rotatable bonds is 2. The van der Waals surface area contributed by atoms with Crippen molar-refractivity contribution in [3.63, 3.8) is 0 Å². The van der Waals surface area contributed by atoms with E-state index >= 15 is 0 Å². The van der Waals surface area contributed by atoms with Gasteiger partial charge in [0.15, 0.2) is 0 Å². The number of nitrogens with one attached hydrogen (secondary N) is 1. The van der Waals surface area contributed by atoms with E-state index in [9.17, 15) is 4.79 Å². The molecule has 2 saturated heterocycles. The molecular formula is C17H26BClN2O3. The minimum Gasteiger partial charge on any atom is -0.399 e. The van der Waals surface area contributed by atoms with Crippen LogP contribution in [0.2, 0.25) is 0 Å². The number of carbonyl (C=O) groups excluding carboxylic acids is 1. The largest absolute Gasteiger partial charge is 0.494 e. The fourth-order valence-corrected chi connectivity index (χ4v) is 2.81. The molecule has 5 nitrogen and oxygen atoms in total. The van der Waals surface area contributed by atoms with Crippen molar-refractivity contribution < 1.29 is 14.1 Å². The summed E-state index contributed by atoms with van der Waals surface area (Å²) in [5, 5.41) is 3.26. The average Bonchev–Trinajstić information content (AvgIpc) is 2.76. The highest BCUT2D eigenvalue weighted by Crippen LogP contribution is 2.36. The molecule has 2 heterocycles. The third-order valence-electron chi connectivity index (χ3n) is 5.09. The molecule has 2 aliphatic heterocycles. The van der Waals surface area contributed by atoms with Crippen LogP contribution in [0.25, 0.3) is 0 Å². The average molecular weight is 353 g/mol. The lowest BCUT2D eigenvalue weighted by molar-refractivity contribution is 0.00578. The van der Waals surface area contributed by atoms with Crippen LogP contribution in [0.5, 0.6) is 0 Å². The van der Waals surface area contributed by atoms with Crippen molar-refractivity contribution in [2.45, 2.75) is 38.9 Å². The fourth-order valence-electron chi connectivity index (χ4n) is 2.81. The minimum atomic E-state index is -0.386. The summed E-state index contributed by atoms with van der Waals surface area (Å²) < 4.78 is 12.1. The van der Waals surface area contributed by atoms with Crippen molar-refractivity contribution >= 4 is 30.9 Å². The topological polar surface area (TPSA) is 50.8 Å². The molecule has 24 heavy (non-hydrogen) atoms. The monoisotopic (exact) mass is 352 g/mol. The van der Waals surface area contributed by atoms with E-state index in [2.05, 4.69) is 5.32 Å². The van der Waals surface area contributed by atoms with Gasteiger partial charge in [-0.15, -0.1) is 12.4 Å². The molecule has 0 radical (unpaired) electrons. The SMILES string of the molecule is CC1(C)OB(c2ccc(C(=O)N3CCNCC3)cc2)OC1(C)C.Cl. The highest BCUT2D eigenvalue weighted by atomic mass is 35.5. The van der Waals surface area contributed by atoms with Crippen LogP contribution in [0.15, 0.2) is 24.3 Å². The van der Waals surface area contributed by atoms with E-state index in [1.807, 2.05) is 56.9 Å². The molecule has 0 spiro atoms. The number of nitrogens with zero attached hydrogens (tertiary/aromatic N) is 1. The predicted molar refractivity (Wildman–Crippen MR) is 98.2 cm³/mol. The van der Waals surface area contributed by atoms with Gasteiger partial charge < -0.3 is 19.5 Å². The smallest absolute Gasteiger partial charge is 0.399 e. The first-order valence-electron chi connectivity index (χ1n) is 8.26. The van der Waals surface area contributed by atoms with Gasteiger partial charge in [0.25, 0.3) is 5.91 Å². The van der Waals surface area contributed by atoms with E-state index in [0.717, 1.165) is 31.6 Å². The lowest BCUT2D eigenvalue weighted by atomic mass is 9.79. The summed E-state index contributed by atoms with van der Waals surface area (Å²) in [5.41, 5.74) is 0.951. The fraction of sp³-hybridized carbons (Fsp3) is 0.588. The van der Waals surface area contributed by atoms with Gasteiger partial charge in [-0.25, -0.2) is 0 Å². The third-order valence-corrected chi connectivity index (χ3v) is 5.09. The molecule has 3 rings (SSSR count).